The van der Waals surface area contributed by atoms with Crippen LogP contribution in [-0.4, -0.2) is 58.6 Å². The predicted molar refractivity (Wildman–Crippen MR) is 177 cm³/mol. The molecule has 0 bridgehead atoms. The van der Waals surface area contributed by atoms with E-state index in [1.54, 1.807) is 16.9 Å². The highest BCUT2D eigenvalue weighted by atomic mass is 16.2. The van der Waals surface area contributed by atoms with Gasteiger partial charge < -0.3 is 26.6 Å². The summed E-state index contributed by atoms with van der Waals surface area (Å²) < 4.78 is 1.69. The Kier molecular flexibility index (Phi) is 9.09. The number of rotatable bonds is 13. The van der Waals surface area contributed by atoms with Crippen molar-refractivity contribution in [1.29, 1.82) is 0 Å². The van der Waals surface area contributed by atoms with Crippen LogP contribution in [0.3, 0.4) is 0 Å². The molecule has 11 heteroatoms. The van der Waals surface area contributed by atoms with E-state index in [0.717, 1.165) is 88.4 Å². The molecular formula is C36H49N7O4. The number of hydrogen-bond acceptors (Lipinski definition) is 6. The molecule has 7 rings (SSSR count). The SMILES string of the molecule is CC(C)n1nccc1C(=O)N[C@H](C(=O)Nc1ccc2c(c1)CC[C@H]2NC(=O)[C@H](NC(=O)C1CCNCC1)C1CC1)C(C1CC1)C1CC1. The van der Waals surface area contributed by atoms with E-state index in [0.29, 0.717) is 23.2 Å². The fraction of sp³-hybridized carbons (Fsp3) is 0.639. The average molecular weight is 644 g/mol. The van der Waals surface area contributed by atoms with Gasteiger partial charge in [0.05, 0.1) is 6.04 Å². The number of amides is 4. The fourth-order valence-electron chi connectivity index (χ4n) is 7.86. The van der Waals surface area contributed by atoms with Crippen molar-refractivity contribution >= 4 is 29.3 Å². The van der Waals surface area contributed by atoms with Crippen molar-refractivity contribution in [2.45, 2.75) is 102 Å². The molecule has 3 atom stereocenters. The lowest BCUT2D eigenvalue weighted by molar-refractivity contribution is -0.132. The van der Waals surface area contributed by atoms with E-state index in [1.165, 1.54) is 0 Å². The highest BCUT2D eigenvalue weighted by molar-refractivity contribution is 6.01. The van der Waals surface area contributed by atoms with Gasteiger partial charge in [-0.3, -0.25) is 23.9 Å². The third-order valence-corrected chi connectivity index (χ3v) is 10.9. The lowest BCUT2D eigenvalue weighted by atomic mass is 9.88. The molecule has 47 heavy (non-hydrogen) atoms. The van der Waals surface area contributed by atoms with Crippen molar-refractivity contribution < 1.29 is 19.2 Å². The van der Waals surface area contributed by atoms with E-state index in [9.17, 15) is 19.2 Å². The quantitative estimate of drug-likeness (QED) is 0.225. The van der Waals surface area contributed by atoms with Gasteiger partial charge in [0.25, 0.3) is 5.91 Å². The van der Waals surface area contributed by atoms with E-state index in [4.69, 9.17) is 0 Å². The molecule has 1 aromatic heterocycles. The molecule has 252 valence electrons. The van der Waals surface area contributed by atoms with Crippen LogP contribution in [0.2, 0.25) is 0 Å². The van der Waals surface area contributed by atoms with Crippen molar-refractivity contribution in [3.05, 3.63) is 47.3 Å². The van der Waals surface area contributed by atoms with E-state index < -0.39 is 12.1 Å². The summed E-state index contributed by atoms with van der Waals surface area (Å²) in [4.78, 5) is 53.9. The van der Waals surface area contributed by atoms with E-state index >= 15 is 0 Å². The second kappa shape index (κ2) is 13.4. The number of benzene rings is 1. The number of hydrogen-bond donors (Lipinski definition) is 5. The molecule has 0 spiro atoms. The second-order valence-electron chi connectivity index (χ2n) is 14.8. The minimum Gasteiger partial charge on any atom is -0.347 e. The summed E-state index contributed by atoms with van der Waals surface area (Å²) >= 11 is 0. The van der Waals surface area contributed by atoms with Crippen LogP contribution in [-0.2, 0) is 20.8 Å². The number of aryl methyl sites for hydroxylation is 1. The summed E-state index contributed by atoms with van der Waals surface area (Å²) in [5.74, 6) is 0.649. The molecule has 0 unspecified atom stereocenters. The molecular weight excluding hydrogens is 594 g/mol. The van der Waals surface area contributed by atoms with Crippen molar-refractivity contribution in [1.82, 2.24) is 31.0 Å². The Morgan fingerprint density at radius 1 is 0.851 bits per heavy atom. The average Bonchev–Trinajstić information content (AvgIpc) is 3.99. The minimum atomic E-state index is -0.627. The van der Waals surface area contributed by atoms with Crippen LogP contribution in [0, 0.1) is 29.6 Å². The summed E-state index contributed by atoms with van der Waals surface area (Å²) in [7, 11) is 0. The summed E-state index contributed by atoms with van der Waals surface area (Å²) in [6.07, 6.45) is 11.1. The third kappa shape index (κ3) is 7.24. The Hall–Kier alpha value is -3.73. The number of anilines is 1. The van der Waals surface area contributed by atoms with Gasteiger partial charge in [-0.2, -0.15) is 5.10 Å². The lowest BCUT2D eigenvalue weighted by Crippen LogP contribution is -2.51. The molecule has 4 amide bonds. The normalized spacial score (nSPS) is 22.4. The van der Waals surface area contributed by atoms with Crippen molar-refractivity contribution in [2.75, 3.05) is 18.4 Å². The topological polar surface area (TPSA) is 146 Å². The summed E-state index contributed by atoms with van der Waals surface area (Å²) in [6, 6.07) is 6.38. The summed E-state index contributed by atoms with van der Waals surface area (Å²) in [6.45, 7) is 5.63. The van der Waals surface area contributed by atoms with Crippen LogP contribution in [0.1, 0.15) is 105 Å². The van der Waals surface area contributed by atoms with Gasteiger partial charge >= 0.3 is 0 Å². The van der Waals surface area contributed by atoms with Gasteiger partial charge in [-0.1, -0.05) is 6.07 Å². The maximum Gasteiger partial charge on any atom is 0.270 e. The molecule has 11 nitrogen and oxygen atoms in total. The highest BCUT2D eigenvalue weighted by Gasteiger charge is 2.48. The first-order chi connectivity index (χ1) is 22.8. The number of fused-ring (bicyclic) bond motifs is 1. The lowest BCUT2D eigenvalue weighted by Gasteiger charge is -2.28. The molecule has 5 aliphatic rings. The standard InChI is InChI=1S/C36H49N7O4/c1-20(2)43-29(15-18-38-43)34(45)42-32(30(21-3-4-21)22-5-6-22)36(47)39-26-10-11-27-25(19-26)9-12-28(27)40-35(46)31(23-7-8-23)41-33(44)24-13-16-37-17-14-24/h10-11,15,18-24,28,30-32,37H,3-9,12-14,16-17H2,1-2H3,(H,39,47)(H,40,46)(H,41,44)(H,42,45)/t28-,31-,32+/m1/s1. The Balaban J connectivity index is 1.01. The predicted octanol–water partition coefficient (Wildman–Crippen LogP) is 3.64. The van der Waals surface area contributed by atoms with Crippen molar-refractivity contribution in [2.24, 2.45) is 29.6 Å². The number of nitrogens with one attached hydrogen (secondary N) is 5. The van der Waals surface area contributed by atoms with Crippen LogP contribution < -0.4 is 26.6 Å². The van der Waals surface area contributed by atoms with Gasteiger partial charge in [-0.05, 0) is 144 Å². The van der Waals surface area contributed by atoms with Gasteiger partial charge in [0.15, 0.2) is 0 Å². The molecule has 5 N–H and O–H groups in total. The maximum atomic E-state index is 14.0. The van der Waals surface area contributed by atoms with E-state index in [1.807, 2.05) is 32.0 Å². The molecule has 1 aliphatic heterocycles. The molecule has 4 aliphatic carbocycles. The Bertz CT molecular complexity index is 1490. The van der Waals surface area contributed by atoms with Crippen LogP contribution in [0.25, 0.3) is 0 Å². The maximum absolute atomic E-state index is 14.0. The zero-order chi connectivity index (χ0) is 32.7. The highest BCUT2D eigenvalue weighted by Crippen LogP contribution is 2.51. The fourth-order valence-corrected chi connectivity index (χ4v) is 7.86. The largest absolute Gasteiger partial charge is 0.347 e. The molecule has 1 saturated heterocycles. The minimum absolute atomic E-state index is 0.00333. The van der Waals surface area contributed by atoms with E-state index in [2.05, 4.69) is 31.7 Å². The smallest absolute Gasteiger partial charge is 0.270 e. The third-order valence-electron chi connectivity index (χ3n) is 10.9. The van der Waals surface area contributed by atoms with Gasteiger partial charge in [0.2, 0.25) is 17.7 Å². The molecule has 3 saturated carbocycles. The number of carbonyl (C=O) groups is 4. The number of piperidine rings is 1. The number of nitrogens with zero attached hydrogens (tertiary/aromatic N) is 2. The molecule has 2 heterocycles. The van der Waals surface area contributed by atoms with Crippen LogP contribution >= 0.6 is 0 Å². The summed E-state index contributed by atoms with van der Waals surface area (Å²) in [5, 5.41) is 20.2. The first-order valence-corrected chi connectivity index (χ1v) is 17.9. The van der Waals surface area contributed by atoms with Crippen molar-refractivity contribution in [3.63, 3.8) is 0 Å². The van der Waals surface area contributed by atoms with E-state index in [-0.39, 0.29) is 53.5 Å². The van der Waals surface area contributed by atoms with Crippen LogP contribution in [0.15, 0.2) is 30.5 Å². The van der Waals surface area contributed by atoms with Crippen LogP contribution in [0.4, 0.5) is 5.69 Å². The first-order valence-electron chi connectivity index (χ1n) is 17.9. The summed E-state index contributed by atoms with van der Waals surface area (Å²) in [5.41, 5.74) is 3.31. The van der Waals surface area contributed by atoms with Crippen LogP contribution in [0.5, 0.6) is 0 Å². The molecule has 0 radical (unpaired) electrons. The number of aromatic nitrogens is 2. The zero-order valence-corrected chi connectivity index (χ0v) is 27.6. The monoisotopic (exact) mass is 643 g/mol. The molecule has 4 fully saturated rings. The first kappa shape index (κ1) is 31.8. The molecule has 2 aromatic rings. The zero-order valence-electron chi connectivity index (χ0n) is 27.6. The Labute approximate surface area is 276 Å². The molecule has 1 aromatic carbocycles. The van der Waals surface area contributed by atoms with Gasteiger partial charge in [-0.15, -0.1) is 0 Å². The van der Waals surface area contributed by atoms with Gasteiger partial charge in [0.1, 0.15) is 17.8 Å². The van der Waals surface area contributed by atoms with Gasteiger partial charge in [0, 0.05) is 23.8 Å². The Morgan fingerprint density at radius 2 is 1.55 bits per heavy atom. The van der Waals surface area contributed by atoms with Crippen molar-refractivity contribution in [3.8, 4) is 0 Å². The Morgan fingerprint density at radius 3 is 2.21 bits per heavy atom. The number of carbonyl (C=O) groups excluding carboxylic acids is 4. The second-order valence-corrected chi connectivity index (χ2v) is 14.8. The van der Waals surface area contributed by atoms with Gasteiger partial charge in [-0.25, -0.2) is 0 Å².